The minimum Gasteiger partial charge on any atom is -0.497 e. The molecule has 0 bridgehead atoms. The van der Waals surface area contributed by atoms with E-state index in [0.29, 0.717) is 18.7 Å². The van der Waals surface area contributed by atoms with Crippen molar-refractivity contribution in [2.24, 2.45) is 0 Å². The van der Waals surface area contributed by atoms with E-state index in [1.165, 1.54) is 5.56 Å². The number of methoxy groups -OCH3 is 2. The van der Waals surface area contributed by atoms with Gasteiger partial charge in [-0.3, -0.25) is 9.78 Å². The van der Waals surface area contributed by atoms with E-state index in [4.69, 9.17) is 14.5 Å². The van der Waals surface area contributed by atoms with Crippen molar-refractivity contribution in [3.63, 3.8) is 0 Å². The van der Waals surface area contributed by atoms with Gasteiger partial charge in [0.15, 0.2) is 0 Å². The summed E-state index contributed by atoms with van der Waals surface area (Å²) in [4.78, 5) is 22.4. The smallest absolute Gasteiger partial charge is 0.253 e. The van der Waals surface area contributed by atoms with Crippen LogP contribution in [-0.2, 0) is 24.1 Å². The Morgan fingerprint density at radius 1 is 1.14 bits per heavy atom. The van der Waals surface area contributed by atoms with Gasteiger partial charge in [0.2, 0.25) is 0 Å². The molecule has 0 aliphatic carbocycles. The molecule has 0 fully saturated rings. The lowest BCUT2D eigenvalue weighted by atomic mass is 10.1. The first-order valence-electron chi connectivity index (χ1n) is 12.6. The number of aryl methyl sites for hydroxylation is 2. The summed E-state index contributed by atoms with van der Waals surface area (Å²) in [6.45, 7) is 6.02. The third kappa shape index (κ3) is 6.45. The van der Waals surface area contributed by atoms with Gasteiger partial charge in [0.25, 0.3) is 5.91 Å². The van der Waals surface area contributed by atoms with E-state index in [-0.39, 0.29) is 5.91 Å². The quantitative estimate of drug-likeness (QED) is 0.248. The average molecular weight is 519 g/mol. The Hall–Kier alpha value is -3.49. The molecule has 0 spiro atoms. The number of nitrogens with zero attached hydrogens (tertiary/aromatic N) is 3. The molecule has 4 rings (SSSR count). The molecule has 1 N–H and O–H groups in total. The van der Waals surface area contributed by atoms with Gasteiger partial charge in [-0.05, 0) is 62.1 Å². The summed E-state index contributed by atoms with van der Waals surface area (Å²) in [6, 6.07) is 14.2. The molecule has 0 aliphatic rings. The van der Waals surface area contributed by atoms with Crippen LogP contribution in [0.1, 0.15) is 40.7 Å². The van der Waals surface area contributed by atoms with Crippen LogP contribution in [0.4, 0.5) is 0 Å². The molecule has 0 saturated carbocycles. The second-order valence-electron chi connectivity index (χ2n) is 8.81. The van der Waals surface area contributed by atoms with Crippen LogP contribution in [-0.4, -0.2) is 47.8 Å². The molecule has 3 heterocycles. The van der Waals surface area contributed by atoms with Crippen molar-refractivity contribution >= 4 is 17.2 Å². The van der Waals surface area contributed by atoms with Crippen LogP contribution < -0.4 is 10.1 Å². The number of carbonyl (C=O) groups excluding carboxylic acids is 1. The lowest BCUT2D eigenvalue weighted by Gasteiger charge is -2.12. The number of hydrogen-bond donors (Lipinski definition) is 1. The highest BCUT2D eigenvalue weighted by molar-refractivity contribution is 7.13. The van der Waals surface area contributed by atoms with Gasteiger partial charge in [0.05, 0.1) is 24.1 Å². The van der Waals surface area contributed by atoms with E-state index in [1.54, 1.807) is 25.6 Å². The zero-order chi connectivity index (χ0) is 26.2. The fourth-order valence-electron chi connectivity index (χ4n) is 4.25. The summed E-state index contributed by atoms with van der Waals surface area (Å²) in [7, 11) is 3.34. The van der Waals surface area contributed by atoms with E-state index in [1.807, 2.05) is 37.4 Å². The largest absolute Gasteiger partial charge is 0.497 e. The molecule has 0 saturated heterocycles. The Bertz CT molecular complexity index is 1330. The van der Waals surface area contributed by atoms with E-state index < -0.39 is 0 Å². The van der Waals surface area contributed by atoms with E-state index >= 15 is 0 Å². The van der Waals surface area contributed by atoms with Gasteiger partial charge in [0.1, 0.15) is 10.8 Å². The Balaban J connectivity index is 1.64. The number of rotatable bonds is 12. The predicted octanol–water partition coefficient (Wildman–Crippen LogP) is 5.56. The van der Waals surface area contributed by atoms with Gasteiger partial charge in [-0.15, -0.1) is 11.3 Å². The minimum absolute atomic E-state index is 0.0739. The summed E-state index contributed by atoms with van der Waals surface area (Å²) in [5, 5.41) is 6.04. The van der Waals surface area contributed by atoms with E-state index in [0.717, 1.165) is 64.9 Å². The second-order valence-corrected chi connectivity index (χ2v) is 9.67. The van der Waals surface area contributed by atoms with Gasteiger partial charge in [-0.2, -0.15) is 0 Å². The number of aromatic nitrogens is 3. The van der Waals surface area contributed by atoms with Crippen molar-refractivity contribution in [3.8, 4) is 27.7 Å². The fourth-order valence-corrected chi connectivity index (χ4v) is 5.06. The topological polar surface area (TPSA) is 78.3 Å². The van der Waals surface area contributed by atoms with Crippen molar-refractivity contribution in [3.05, 3.63) is 76.6 Å². The summed E-state index contributed by atoms with van der Waals surface area (Å²) in [5.41, 5.74) is 6.72. The molecule has 3 aromatic heterocycles. The monoisotopic (exact) mass is 518 g/mol. The van der Waals surface area contributed by atoms with Crippen molar-refractivity contribution in [2.45, 2.75) is 39.7 Å². The number of benzene rings is 1. The highest BCUT2D eigenvalue weighted by Crippen LogP contribution is 2.32. The third-order valence-electron chi connectivity index (χ3n) is 6.40. The molecule has 0 atom stereocenters. The van der Waals surface area contributed by atoms with Crippen molar-refractivity contribution in [1.82, 2.24) is 19.9 Å². The van der Waals surface area contributed by atoms with Crippen LogP contribution in [0.5, 0.6) is 5.75 Å². The molecule has 194 valence electrons. The van der Waals surface area contributed by atoms with Crippen molar-refractivity contribution in [1.29, 1.82) is 0 Å². The predicted molar refractivity (Wildman–Crippen MR) is 148 cm³/mol. The van der Waals surface area contributed by atoms with Crippen LogP contribution in [0.25, 0.3) is 22.0 Å². The molecule has 0 unspecified atom stereocenters. The summed E-state index contributed by atoms with van der Waals surface area (Å²) in [5.74, 6) is 0.765. The summed E-state index contributed by atoms with van der Waals surface area (Å²) >= 11 is 1.61. The van der Waals surface area contributed by atoms with Crippen molar-refractivity contribution < 1.29 is 14.3 Å². The molecule has 4 aromatic rings. The lowest BCUT2D eigenvalue weighted by Crippen LogP contribution is -2.25. The minimum atomic E-state index is -0.0739. The highest BCUT2D eigenvalue weighted by atomic mass is 32.1. The van der Waals surface area contributed by atoms with Crippen LogP contribution in [0.2, 0.25) is 0 Å². The molecule has 0 radical (unpaired) electrons. The highest BCUT2D eigenvalue weighted by Gasteiger charge is 2.20. The maximum Gasteiger partial charge on any atom is 0.253 e. The number of ether oxygens (including phenoxy) is 2. The lowest BCUT2D eigenvalue weighted by molar-refractivity contribution is 0.0948. The average Bonchev–Trinajstić information content (AvgIpc) is 3.55. The molecule has 37 heavy (non-hydrogen) atoms. The number of thiazole rings is 1. The standard InChI is InChI=1S/C29H34N4O3S/c1-5-23-17-22(11-14-30-23)29-32-26(19-37-29)27-18-25(28(34)31-13-6-16-35-3)20(2)33(27)15-12-21-7-9-24(36-4)10-8-21/h7-11,14,17-19H,5-6,12-13,15-16H2,1-4H3,(H,31,34). The normalized spacial score (nSPS) is 11.0. The number of amides is 1. The SMILES string of the molecule is CCc1cc(-c2nc(-c3cc(C(=O)NCCCOC)c(C)n3CCc3ccc(OC)cc3)cs2)ccn1. The molecular weight excluding hydrogens is 484 g/mol. The van der Waals surface area contributed by atoms with Gasteiger partial charge >= 0.3 is 0 Å². The number of carbonyl (C=O) groups is 1. The molecule has 0 aliphatic heterocycles. The Morgan fingerprint density at radius 3 is 2.68 bits per heavy atom. The zero-order valence-electron chi connectivity index (χ0n) is 21.9. The third-order valence-corrected chi connectivity index (χ3v) is 7.29. The molecular formula is C29H34N4O3S. The Kier molecular flexibility index (Phi) is 9.09. The van der Waals surface area contributed by atoms with Crippen LogP contribution in [0, 0.1) is 6.92 Å². The zero-order valence-corrected chi connectivity index (χ0v) is 22.7. The summed E-state index contributed by atoms with van der Waals surface area (Å²) in [6.07, 6.45) is 4.31. The van der Waals surface area contributed by atoms with Gasteiger partial charge in [0, 0.05) is 55.3 Å². The fraction of sp³-hybridized carbons (Fsp3) is 0.345. The van der Waals surface area contributed by atoms with Gasteiger partial charge < -0.3 is 19.4 Å². The first kappa shape index (κ1) is 26.6. The van der Waals surface area contributed by atoms with Crippen LogP contribution in [0.15, 0.2) is 54.0 Å². The maximum absolute atomic E-state index is 13.1. The first-order chi connectivity index (χ1) is 18.0. The molecule has 1 aromatic carbocycles. The maximum atomic E-state index is 13.1. The molecule has 1 amide bonds. The Morgan fingerprint density at radius 2 is 1.95 bits per heavy atom. The molecule has 8 heteroatoms. The van der Waals surface area contributed by atoms with E-state index in [9.17, 15) is 4.79 Å². The second kappa shape index (κ2) is 12.7. The number of hydrogen-bond acceptors (Lipinski definition) is 6. The summed E-state index contributed by atoms with van der Waals surface area (Å²) < 4.78 is 12.6. The number of nitrogens with one attached hydrogen (secondary N) is 1. The number of pyridine rings is 1. The van der Waals surface area contributed by atoms with Gasteiger partial charge in [-0.25, -0.2) is 4.98 Å². The van der Waals surface area contributed by atoms with Crippen LogP contribution >= 0.6 is 11.3 Å². The molecule has 7 nitrogen and oxygen atoms in total. The van der Waals surface area contributed by atoms with E-state index in [2.05, 4.69) is 45.4 Å². The first-order valence-corrected chi connectivity index (χ1v) is 13.4. The van der Waals surface area contributed by atoms with Crippen molar-refractivity contribution in [2.75, 3.05) is 27.4 Å². The van der Waals surface area contributed by atoms with Crippen LogP contribution in [0.3, 0.4) is 0 Å². The van der Waals surface area contributed by atoms with Gasteiger partial charge in [-0.1, -0.05) is 19.1 Å². The Labute approximate surface area is 222 Å².